The third kappa shape index (κ3) is 3.28. The Kier molecular flexibility index (Phi) is 3.88. The molecule has 2 aromatic rings. The van der Waals surface area contributed by atoms with Gasteiger partial charge in [0.25, 0.3) is 5.91 Å². The number of rotatable bonds is 3. The number of nitrogens with one attached hydrogen (secondary N) is 2. The van der Waals surface area contributed by atoms with Crippen molar-refractivity contribution >= 4 is 27.0 Å². The third-order valence-corrected chi connectivity index (χ3v) is 4.59. The molecule has 1 amide bonds. The molecule has 2 N–H and O–H groups in total. The molecular weight excluding hydrogens is 304 g/mol. The van der Waals surface area contributed by atoms with Crippen LogP contribution in [0, 0.1) is 0 Å². The first-order valence-electron chi connectivity index (χ1n) is 7.12. The van der Waals surface area contributed by atoms with Crippen LogP contribution in [-0.2, 0) is 10.0 Å². The molecule has 1 aromatic heterocycles. The van der Waals surface area contributed by atoms with Crippen molar-refractivity contribution in [2.24, 2.45) is 0 Å². The Hall–Kier alpha value is -1.93. The van der Waals surface area contributed by atoms with Crippen molar-refractivity contribution in [3.8, 4) is 0 Å². The van der Waals surface area contributed by atoms with Gasteiger partial charge in [-0.25, -0.2) is 18.1 Å². The topological polar surface area (TPSA) is 95.2 Å². The monoisotopic (exact) mass is 322 g/mol. The third-order valence-electron chi connectivity index (χ3n) is 3.83. The molecule has 0 bridgehead atoms. The Bertz CT molecular complexity index is 791. The van der Waals surface area contributed by atoms with E-state index in [0.29, 0.717) is 31.5 Å². The minimum Gasteiger partial charge on any atom is -0.345 e. The Morgan fingerprint density at radius 3 is 2.77 bits per heavy atom. The molecule has 2 heterocycles. The second kappa shape index (κ2) is 5.69. The highest BCUT2D eigenvalue weighted by atomic mass is 32.2. The maximum atomic E-state index is 12.5. The molecule has 0 aliphatic carbocycles. The normalized spacial score (nSPS) is 17.0. The Labute approximate surface area is 128 Å². The van der Waals surface area contributed by atoms with Crippen LogP contribution in [0.2, 0.25) is 0 Å². The molecule has 0 radical (unpaired) electrons. The maximum Gasteiger partial charge on any atom is 0.253 e. The van der Waals surface area contributed by atoms with E-state index >= 15 is 0 Å². The van der Waals surface area contributed by atoms with E-state index in [0.717, 1.165) is 17.3 Å². The lowest BCUT2D eigenvalue weighted by Crippen LogP contribution is -2.46. The number of imidazole rings is 1. The van der Waals surface area contributed by atoms with Gasteiger partial charge in [-0.2, -0.15) is 0 Å². The van der Waals surface area contributed by atoms with Crippen molar-refractivity contribution in [2.75, 3.05) is 19.3 Å². The fourth-order valence-corrected chi connectivity index (χ4v) is 3.60. The van der Waals surface area contributed by atoms with E-state index in [1.54, 1.807) is 23.4 Å². The highest BCUT2D eigenvalue weighted by Gasteiger charge is 2.25. The maximum absolute atomic E-state index is 12.5. The number of fused-ring (bicyclic) bond motifs is 1. The van der Waals surface area contributed by atoms with Gasteiger partial charge in [0.1, 0.15) is 0 Å². The van der Waals surface area contributed by atoms with E-state index < -0.39 is 10.0 Å². The van der Waals surface area contributed by atoms with Gasteiger partial charge in [-0.15, -0.1) is 0 Å². The van der Waals surface area contributed by atoms with Crippen LogP contribution in [0.3, 0.4) is 0 Å². The van der Waals surface area contributed by atoms with Gasteiger partial charge < -0.3 is 9.88 Å². The van der Waals surface area contributed by atoms with E-state index in [4.69, 9.17) is 0 Å². The summed E-state index contributed by atoms with van der Waals surface area (Å²) in [6, 6.07) is 5.30. The summed E-state index contributed by atoms with van der Waals surface area (Å²) in [5.74, 6) is -0.0331. The predicted octanol–water partition coefficient (Wildman–Crippen LogP) is 0.717. The molecule has 0 unspecified atom stereocenters. The fourth-order valence-electron chi connectivity index (χ4n) is 2.75. The lowest BCUT2D eigenvalue weighted by atomic mass is 10.0. The van der Waals surface area contributed by atoms with Gasteiger partial charge >= 0.3 is 0 Å². The molecule has 3 rings (SSSR count). The van der Waals surface area contributed by atoms with E-state index in [-0.39, 0.29) is 11.9 Å². The van der Waals surface area contributed by atoms with Crippen LogP contribution in [0.1, 0.15) is 23.2 Å². The summed E-state index contributed by atoms with van der Waals surface area (Å²) in [6.45, 7) is 1.10. The van der Waals surface area contributed by atoms with Gasteiger partial charge in [0.05, 0.1) is 23.6 Å². The van der Waals surface area contributed by atoms with Crippen molar-refractivity contribution in [1.82, 2.24) is 19.6 Å². The molecule has 0 atom stereocenters. The second-order valence-corrected chi connectivity index (χ2v) is 7.37. The molecule has 0 saturated carbocycles. The average Bonchev–Trinajstić information content (AvgIpc) is 2.93. The molecule has 22 heavy (non-hydrogen) atoms. The molecular formula is C14H18N4O3S. The average molecular weight is 322 g/mol. The second-order valence-electron chi connectivity index (χ2n) is 5.59. The van der Waals surface area contributed by atoms with Crippen LogP contribution in [0.25, 0.3) is 11.0 Å². The SMILES string of the molecule is CS(=O)(=O)NC1CCN(C(=O)c2ccc3nc[nH]c3c2)CC1. The first-order chi connectivity index (χ1) is 10.4. The van der Waals surface area contributed by atoms with Crippen molar-refractivity contribution in [2.45, 2.75) is 18.9 Å². The zero-order valence-electron chi connectivity index (χ0n) is 12.2. The summed E-state index contributed by atoms with van der Waals surface area (Å²) >= 11 is 0. The lowest BCUT2D eigenvalue weighted by molar-refractivity contribution is 0.0711. The molecule has 1 aliphatic heterocycles. The Morgan fingerprint density at radius 1 is 1.36 bits per heavy atom. The minimum absolute atomic E-state index is 0.0331. The lowest BCUT2D eigenvalue weighted by Gasteiger charge is -2.32. The largest absolute Gasteiger partial charge is 0.345 e. The Balaban J connectivity index is 1.66. The van der Waals surface area contributed by atoms with Gasteiger partial charge in [-0.1, -0.05) is 0 Å². The van der Waals surface area contributed by atoms with Crippen LogP contribution >= 0.6 is 0 Å². The number of benzene rings is 1. The number of carbonyl (C=O) groups excluding carboxylic acids is 1. The quantitative estimate of drug-likeness (QED) is 0.870. The molecule has 1 fully saturated rings. The summed E-state index contributed by atoms with van der Waals surface area (Å²) in [6.07, 6.45) is 4.02. The first-order valence-corrected chi connectivity index (χ1v) is 9.01. The summed E-state index contributed by atoms with van der Waals surface area (Å²) in [7, 11) is -3.20. The summed E-state index contributed by atoms with van der Waals surface area (Å²) in [5, 5.41) is 0. The number of aromatic amines is 1. The number of hydrogen-bond donors (Lipinski definition) is 2. The number of amides is 1. The van der Waals surface area contributed by atoms with Gasteiger partial charge in [0.2, 0.25) is 10.0 Å². The van der Waals surface area contributed by atoms with Crippen molar-refractivity contribution in [1.29, 1.82) is 0 Å². The highest BCUT2D eigenvalue weighted by molar-refractivity contribution is 7.88. The van der Waals surface area contributed by atoms with Crippen LogP contribution < -0.4 is 4.72 Å². The molecule has 0 spiro atoms. The van der Waals surface area contributed by atoms with Gasteiger partial charge in [0, 0.05) is 24.7 Å². The number of likely N-dealkylation sites (tertiary alicyclic amines) is 1. The van der Waals surface area contributed by atoms with Crippen LogP contribution in [0.4, 0.5) is 0 Å². The number of aromatic nitrogens is 2. The molecule has 1 aliphatic rings. The van der Waals surface area contributed by atoms with Crippen LogP contribution in [0.5, 0.6) is 0 Å². The summed E-state index contributed by atoms with van der Waals surface area (Å²) in [4.78, 5) is 21.4. The molecule has 1 saturated heterocycles. The van der Waals surface area contributed by atoms with E-state index in [1.807, 2.05) is 6.07 Å². The minimum atomic E-state index is -3.20. The van der Waals surface area contributed by atoms with Gasteiger partial charge in [0.15, 0.2) is 0 Å². The number of H-pyrrole nitrogens is 1. The van der Waals surface area contributed by atoms with E-state index in [1.165, 1.54) is 0 Å². The predicted molar refractivity (Wildman–Crippen MR) is 83.0 cm³/mol. The number of sulfonamides is 1. The van der Waals surface area contributed by atoms with Crippen molar-refractivity contribution in [3.05, 3.63) is 30.1 Å². The van der Waals surface area contributed by atoms with Crippen molar-refractivity contribution < 1.29 is 13.2 Å². The number of nitrogens with zero attached hydrogens (tertiary/aromatic N) is 2. The number of carbonyl (C=O) groups is 1. The highest BCUT2D eigenvalue weighted by Crippen LogP contribution is 2.17. The Morgan fingerprint density at radius 2 is 2.09 bits per heavy atom. The van der Waals surface area contributed by atoms with Gasteiger partial charge in [-0.05, 0) is 31.0 Å². The molecule has 8 heteroatoms. The van der Waals surface area contributed by atoms with E-state index in [9.17, 15) is 13.2 Å². The van der Waals surface area contributed by atoms with Crippen LogP contribution in [-0.4, -0.2) is 54.6 Å². The zero-order valence-corrected chi connectivity index (χ0v) is 13.1. The number of hydrogen-bond acceptors (Lipinski definition) is 4. The number of piperidine rings is 1. The van der Waals surface area contributed by atoms with E-state index in [2.05, 4.69) is 14.7 Å². The fraction of sp³-hybridized carbons (Fsp3) is 0.429. The molecule has 7 nitrogen and oxygen atoms in total. The van der Waals surface area contributed by atoms with Crippen LogP contribution in [0.15, 0.2) is 24.5 Å². The van der Waals surface area contributed by atoms with Gasteiger partial charge in [-0.3, -0.25) is 4.79 Å². The standard InChI is InChI=1S/C14H18N4O3S/c1-22(20,21)17-11-4-6-18(7-5-11)14(19)10-2-3-12-13(8-10)16-9-15-12/h2-3,8-9,11,17H,4-7H2,1H3,(H,15,16). The first kappa shape index (κ1) is 15.0. The smallest absolute Gasteiger partial charge is 0.253 e. The molecule has 1 aromatic carbocycles. The summed E-state index contributed by atoms with van der Waals surface area (Å²) < 4.78 is 25.1. The zero-order chi connectivity index (χ0) is 15.7. The molecule has 118 valence electrons. The summed E-state index contributed by atoms with van der Waals surface area (Å²) in [5.41, 5.74) is 2.28. The van der Waals surface area contributed by atoms with Crippen molar-refractivity contribution in [3.63, 3.8) is 0 Å².